The number of hydrogen-bond donors (Lipinski definition) is 0. The maximum atomic E-state index is 4.50. The minimum Gasteiger partial charge on any atom is -0.368 e. The summed E-state index contributed by atoms with van der Waals surface area (Å²) in [7, 11) is 0. The van der Waals surface area contributed by atoms with E-state index in [-0.39, 0.29) is 0 Å². The lowest BCUT2D eigenvalue weighted by Crippen LogP contribution is -2.38. The van der Waals surface area contributed by atoms with E-state index in [2.05, 4.69) is 86.9 Å². The van der Waals surface area contributed by atoms with E-state index in [1.807, 2.05) is 0 Å². The fourth-order valence-corrected chi connectivity index (χ4v) is 6.07. The summed E-state index contributed by atoms with van der Waals surface area (Å²) in [5.74, 6) is 1.42. The monoisotopic (exact) mass is 455 g/mol. The lowest BCUT2D eigenvalue weighted by Gasteiger charge is -2.36. The van der Waals surface area contributed by atoms with Gasteiger partial charge in [-0.1, -0.05) is 74.5 Å². The molecule has 3 atom stereocenters. The number of hydrogen-bond acceptors (Lipinski definition) is 1. The summed E-state index contributed by atoms with van der Waals surface area (Å²) in [5, 5.41) is 0. The van der Waals surface area contributed by atoms with Crippen molar-refractivity contribution >= 4 is 11.3 Å². The fourth-order valence-electron chi connectivity index (χ4n) is 6.07. The summed E-state index contributed by atoms with van der Waals surface area (Å²) in [6.07, 6.45) is 17.1. The van der Waals surface area contributed by atoms with Gasteiger partial charge in [0.15, 0.2) is 0 Å². The predicted molar refractivity (Wildman–Crippen MR) is 150 cm³/mol. The van der Waals surface area contributed by atoms with Crippen molar-refractivity contribution in [3.63, 3.8) is 0 Å². The van der Waals surface area contributed by atoms with E-state index in [9.17, 15) is 0 Å². The van der Waals surface area contributed by atoms with E-state index in [0.29, 0.717) is 12.0 Å². The molecule has 1 nitrogen and oxygen atoms in total. The van der Waals surface area contributed by atoms with Gasteiger partial charge in [-0.2, -0.15) is 0 Å². The number of nitrogens with zero attached hydrogens (tertiary/aromatic N) is 1. The van der Waals surface area contributed by atoms with Crippen molar-refractivity contribution in [3.05, 3.63) is 83.4 Å². The molecule has 4 rings (SSSR count). The van der Waals surface area contributed by atoms with Crippen LogP contribution in [0.4, 0.5) is 5.69 Å². The molecule has 182 valence electrons. The fraction of sp³-hybridized carbons (Fsp3) is 0.515. The first-order chi connectivity index (χ1) is 16.5. The highest BCUT2D eigenvalue weighted by Gasteiger charge is 2.27. The van der Waals surface area contributed by atoms with Crippen LogP contribution in [0.5, 0.6) is 0 Å². The average Bonchev–Trinajstić information content (AvgIpc) is 3.00. The molecular formula is C33H45N. The van der Waals surface area contributed by atoms with Crippen LogP contribution in [-0.2, 0) is 12.8 Å². The van der Waals surface area contributed by atoms with Gasteiger partial charge in [-0.05, 0) is 111 Å². The van der Waals surface area contributed by atoms with Gasteiger partial charge < -0.3 is 4.90 Å². The normalized spacial score (nSPS) is 24.5. The molecule has 2 aromatic carbocycles. The maximum Gasteiger partial charge on any atom is 0.0407 e. The first kappa shape index (κ1) is 24.8. The Labute approximate surface area is 209 Å². The van der Waals surface area contributed by atoms with Crippen molar-refractivity contribution in [1.82, 2.24) is 0 Å². The highest BCUT2D eigenvalue weighted by molar-refractivity contribution is 5.70. The zero-order valence-corrected chi connectivity index (χ0v) is 21.9. The first-order valence-corrected chi connectivity index (χ1v) is 13.8. The van der Waals surface area contributed by atoms with E-state index in [1.165, 1.54) is 85.9 Å². The van der Waals surface area contributed by atoms with Crippen molar-refractivity contribution in [3.8, 4) is 0 Å². The van der Waals surface area contributed by atoms with E-state index < -0.39 is 0 Å². The van der Waals surface area contributed by atoms with Crippen molar-refractivity contribution in [2.75, 3.05) is 11.4 Å². The quantitative estimate of drug-likeness (QED) is 0.407. The molecule has 0 fully saturated rings. The van der Waals surface area contributed by atoms with Crippen LogP contribution in [0.25, 0.3) is 5.57 Å². The predicted octanol–water partition coefficient (Wildman–Crippen LogP) is 8.94. The van der Waals surface area contributed by atoms with Crippen LogP contribution in [0.15, 0.2) is 61.2 Å². The summed E-state index contributed by atoms with van der Waals surface area (Å²) in [6, 6.07) is 16.9. The minimum atomic E-state index is 0.613. The Balaban J connectivity index is 1.55. The van der Waals surface area contributed by atoms with Gasteiger partial charge in [0, 0.05) is 18.3 Å². The summed E-state index contributed by atoms with van der Waals surface area (Å²) >= 11 is 0. The van der Waals surface area contributed by atoms with Crippen LogP contribution in [0.1, 0.15) is 87.5 Å². The van der Waals surface area contributed by atoms with Gasteiger partial charge in [0.05, 0.1) is 0 Å². The van der Waals surface area contributed by atoms with Crippen molar-refractivity contribution < 1.29 is 0 Å². The summed E-state index contributed by atoms with van der Waals surface area (Å²) in [5.41, 5.74) is 8.58. The Morgan fingerprint density at radius 3 is 2.76 bits per heavy atom. The van der Waals surface area contributed by atoms with Crippen LogP contribution in [0, 0.1) is 18.8 Å². The molecule has 0 amide bonds. The van der Waals surface area contributed by atoms with Gasteiger partial charge in [0.2, 0.25) is 0 Å². The second-order valence-corrected chi connectivity index (χ2v) is 11.0. The van der Waals surface area contributed by atoms with Crippen molar-refractivity contribution in [2.24, 2.45) is 11.8 Å². The molecule has 0 N–H and O–H groups in total. The number of benzene rings is 2. The standard InChI is InChI=1S/C33H45N/c1-5-32-16-8-6-7-11-25(2)21-27(4)31-20-19-30-18-17-29(24-34(32)33(30)23-31)15-10-14-28-13-9-12-26(3)22-28/h6-7,9,12-13,19-20,22-23,25,29,32H,4-5,8,10-11,14-18,21,24H2,1-3H3/b7-6+. The lowest BCUT2D eigenvalue weighted by atomic mass is 9.92. The van der Waals surface area contributed by atoms with E-state index in [4.69, 9.17) is 0 Å². The molecule has 34 heavy (non-hydrogen) atoms. The SMILES string of the molecule is C=C1CC(C)C/C=C/CCC(CC)N2CC(CCCc3cccc(C)c3)CCc3ccc1cc32. The number of fused-ring (bicyclic) bond motifs is 1. The maximum absolute atomic E-state index is 4.50. The molecule has 0 saturated carbocycles. The van der Waals surface area contributed by atoms with Crippen LogP contribution in [0.2, 0.25) is 0 Å². The number of aryl methyl sites for hydroxylation is 3. The van der Waals surface area contributed by atoms with Gasteiger partial charge in [-0.15, -0.1) is 0 Å². The first-order valence-electron chi connectivity index (χ1n) is 13.8. The molecule has 0 radical (unpaired) electrons. The Hall–Kier alpha value is -2.28. The topological polar surface area (TPSA) is 3.24 Å². The summed E-state index contributed by atoms with van der Waals surface area (Å²) in [4.78, 5) is 2.81. The van der Waals surface area contributed by atoms with Crippen LogP contribution in [0.3, 0.4) is 0 Å². The van der Waals surface area contributed by atoms with Gasteiger partial charge in [-0.25, -0.2) is 0 Å². The molecule has 2 aromatic rings. The van der Waals surface area contributed by atoms with Crippen LogP contribution in [-0.4, -0.2) is 12.6 Å². The van der Waals surface area contributed by atoms with Gasteiger partial charge in [-0.3, -0.25) is 0 Å². The molecule has 0 aliphatic carbocycles. The van der Waals surface area contributed by atoms with Gasteiger partial charge >= 0.3 is 0 Å². The molecular weight excluding hydrogens is 410 g/mol. The number of rotatable bonds is 5. The van der Waals surface area contributed by atoms with Crippen molar-refractivity contribution in [1.29, 1.82) is 0 Å². The molecule has 1 heteroatoms. The molecule has 0 spiro atoms. The van der Waals surface area contributed by atoms with Gasteiger partial charge in [0.25, 0.3) is 0 Å². The summed E-state index contributed by atoms with van der Waals surface area (Å²) < 4.78 is 0. The molecule has 0 aromatic heterocycles. The third-order valence-corrected chi connectivity index (χ3v) is 8.12. The highest BCUT2D eigenvalue weighted by atomic mass is 15.2. The van der Waals surface area contributed by atoms with E-state index in [0.717, 1.165) is 18.8 Å². The number of allylic oxidation sites excluding steroid dienone is 3. The third kappa shape index (κ3) is 6.44. The highest BCUT2D eigenvalue weighted by Crippen LogP contribution is 2.36. The summed E-state index contributed by atoms with van der Waals surface area (Å²) in [6.45, 7) is 12.7. The van der Waals surface area contributed by atoms with E-state index >= 15 is 0 Å². The number of anilines is 1. The molecule has 2 aliphatic rings. The molecule has 0 saturated heterocycles. The van der Waals surface area contributed by atoms with E-state index in [1.54, 1.807) is 5.56 Å². The smallest absolute Gasteiger partial charge is 0.0407 e. The Kier molecular flexibility index (Phi) is 8.70. The Morgan fingerprint density at radius 1 is 1.06 bits per heavy atom. The Morgan fingerprint density at radius 2 is 1.94 bits per heavy atom. The zero-order valence-electron chi connectivity index (χ0n) is 21.9. The molecule has 2 aliphatic heterocycles. The molecule has 2 bridgehead atoms. The van der Waals surface area contributed by atoms with Crippen molar-refractivity contribution in [2.45, 2.75) is 91.0 Å². The van der Waals surface area contributed by atoms with Gasteiger partial charge in [0.1, 0.15) is 0 Å². The third-order valence-electron chi connectivity index (χ3n) is 8.12. The minimum absolute atomic E-state index is 0.613. The second-order valence-electron chi connectivity index (χ2n) is 11.0. The van der Waals surface area contributed by atoms with Crippen LogP contribution < -0.4 is 4.90 Å². The largest absolute Gasteiger partial charge is 0.368 e. The zero-order chi connectivity index (χ0) is 23.9. The second kappa shape index (κ2) is 11.9. The average molecular weight is 456 g/mol. The molecule has 2 heterocycles. The molecule has 3 unspecified atom stereocenters. The Bertz CT molecular complexity index is 984. The lowest BCUT2D eigenvalue weighted by molar-refractivity contribution is 0.415. The van der Waals surface area contributed by atoms with Crippen LogP contribution >= 0.6 is 0 Å².